The third-order valence-electron chi connectivity index (χ3n) is 2.68. The van der Waals surface area contributed by atoms with E-state index in [2.05, 4.69) is 10.3 Å². The third-order valence-corrected chi connectivity index (χ3v) is 3.44. The van der Waals surface area contributed by atoms with Gasteiger partial charge in [0.05, 0.1) is 12.2 Å². The van der Waals surface area contributed by atoms with Crippen LogP contribution in [0.15, 0.2) is 17.7 Å². The normalized spacial score (nSPS) is 11.1. The number of carboxylic acids is 1. The highest BCUT2D eigenvalue weighted by atomic mass is 32.1. The predicted octanol–water partition coefficient (Wildman–Crippen LogP) is 0.676. The van der Waals surface area contributed by atoms with Crippen LogP contribution in [0, 0.1) is 0 Å². The minimum atomic E-state index is -1.03. The molecular formula is C12H14N4O3S. The van der Waals surface area contributed by atoms with Gasteiger partial charge in [0, 0.05) is 31.7 Å². The van der Waals surface area contributed by atoms with Gasteiger partial charge < -0.3 is 15.3 Å². The number of amides is 1. The van der Waals surface area contributed by atoms with Gasteiger partial charge in [-0.15, -0.1) is 11.3 Å². The molecule has 20 heavy (non-hydrogen) atoms. The number of aliphatic carboxylic acids is 1. The fourth-order valence-corrected chi connectivity index (χ4v) is 2.46. The number of thiazole rings is 1. The highest BCUT2D eigenvalue weighted by Crippen LogP contribution is 2.25. The number of nitrogens with one attached hydrogen (secondary N) is 1. The maximum absolute atomic E-state index is 11.4. The SMILES string of the molecule is CNC(=O)CN(C)c1nc2sccn2c1/C=C/C(=O)O. The number of carbonyl (C=O) groups is 2. The largest absolute Gasteiger partial charge is 0.478 e. The third kappa shape index (κ3) is 2.80. The number of imidazole rings is 1. The highest BCUT2D eigenvalue weighted by Gasteiger charge is 2.16. The first-order valence-electron chi connectivity index (χ1n) is 5.81. The summed E-state index contributed by atoms with van der Waals surface area (Å²) in [5, 5.41) is 13.2. The van der Waals surface area contributed by atoms with Gasteiger partial charge in [-0.25, -0.2) is 9.78 Å². The number of fused-ring (bicyclic) bond motifs is 1. The van der Waals surface area contributed by atoms with E-state index in [0.717, 1.165) is 11.0 Å². The van der Waals surface area contributed by atoms with Crippen molar-refractivity contribution >= 4 is 40.1 Å². The van der Waals surface area contributed by atoms with Crippen molar-refractivity contribution in [2.75, 3.05) is 25.5 Å². The Bertz CT molecular complexity index is 673. The van der Waals surface area contributed by atoms with Crippen LogP contribution in [0.2, 0.25) is 0 Å². The van der Waals surface area contributed by atoms with Crippen LogP contribution in [-0.2, 0) is 9.59 Å². The fourth-order valence-electron chi connectivity index (χ4n) is 1.75. The van der Waals surface area contributed by atoms with E-state index in [9.17, 15) is 9.59 Å². The Hall–Kier alpha value is -2.35. The van der Waals surface area contributed by atoms with Crippen molar-refractivity contribution in [2.45, 2.75) is 0 Å². The highest BCUT2D eigenvalue weighted by molar-refractivity contribution is 7.15. The van der Waals surface area contributed by atoms with Crippen LogP contribution in [0.5, 0.6) is 0 Å². The standard InChI is InChI=1S/C12H14N4O3S/c1-13-9(17)7-15(2)11-8(3-4-10(18)19)16-5-6-20-12(16)14-11/h3-6H,7H2,1-2H3,(H,13,17)(H,18,19)/b4-3+. The molecule has 7 nitrogen and oxygen atoms in total. The maximum atomic E-state index is 11.4. The molecule has 0 aliphatic heterocycles. The lowest BCUT2D eigenvalue weighted by molar-refractivity contribution is -0.131. The van der Waals surface area contributed by atoms with Gasteiger partial charge in [-0.05, 0) is 6.08 Å². The van der Waals surface area contributed by atoms with Gasteiger partial charge >= 0.3 is 5.97 Å². The van der Waals surface area contributed by atoms with Crippen LogP contribution in [0.4, 0.5) is 5.82 Å². The monoisotopic (exact) mass is 294 g/mol. The molecule has 2 N–H and O–H groups in total. The van der Waals surface area contributed by atoms with Crippen LogP contribution >= 0.6 is 11.3 Å². The van der Waals surface area contributed by atoms with E-state index in [1.165, 1.54) is 17.4 Å². The zero-order valence-electron chi connectivity index (χ0n) is 11.0. The van der Waals surface area contributed by atoms with Crippen molar-refractivity contribution in [3.63, 3.8) is 0 Å². The maximum Gasteiger partial charge on any atom is 0.328 e. The molecule has 0 unspecified atom stereocenters. The molecule has 0 atom stereocenters. The lowest BCUT2D eigenvalue weighted by atomic mass is 10.3. The summed E-state index contributed by atoms with van der Waals surface area (Å²) in [6, 6.07) is 0. The van der Waals surface area contributed by atoms with Gasteiger partial charge in [0.25, 0.3) is 0 Å². The average Bonchev–Trinajstić information content (AvgIpc) is 2.96. The Morgan fingerprint density at radius 2 is 2.35 bits per heavy atom. The topological polar surface area (TPSA) is 86.9 Å². The summed E-state index contributed by atoms with van der Waals surface area (Å²) in [5.74, 6) is -0.606. The van der Waals surface area contributed by atoms with Crippen LogP contribution in [0.25, 0.3) is 11.0 Å². The number of nitrogens with zero attached hydrogens (tertiary/aromatic N) is 3. The second kappa shape index (κ2) is 5.74. The number of anilines is 1. The van der Waals surface area contributed by atoms with E-state index in [0.29, 0.717) is 11.5 Å². The fraction of sp³-hybridized carbons (Fsp3) is 0.250. The quantitative estimate of drug-likeness (QED) is 0.792. The summed E-state index contributed by atoms with van der Waals surface area (Å²) >= 11 is 1.44. The number of hydrogen-bond donors (Lipinski definition) is 2. The Kier molecular flexibility index (Phi) is 4.04. The summed E-state index contributed by atoms with van der Waals surface area (Å²) < 4.78 is 1.79. The van der Waals surface area contributed by atoms with Crippen molar-refractivity contribution in [3.05, 3.63) is 23.3 Å². The van der Waals surface area contributed by atoms with E-state index in [1.54, 1.807) is 23.4 Å². The smallest absolute Gasteiger partial charge is 0.328 e. The minimum absolute atomic E-state index is 0.142. The zero-order valence-corrected chi connectivity index (χ0v) is 11.8. The predicted molar refractivity (Wildman–Crippen MR) is 77.1 cm³/mol. The molecule has 0 aromatic carbocycles. The molecular weight excluding hydrogens is 280 g/mol. The molecule has 0 fully saturated rings. The molecule has 2 aromatic heterocycles. The van der Waals surface area contributed by atoms with Crippen molar-refractivity contribution in [3.8, 4) is 0 Å². The molecule has 8 heteroatoms. The van der Waals surface area contributed by atoms with Gasteiger partial charge in [0.2, 0.25) is 5.91 Å². The Morgan fingerprint density at radius 3 is 3.00 bits per heavy atom. The molecule has 0 spiro atoms. The summed E-state index contributed by atoms with van der Waals surface area (Å²) in [7, 11) is 3.30. The van der Waals surface area contributed by atoms with Gasteiger partial charge in [0.15, 0.2) is 10.8 Å². The number of carbonyl (C=O) groups excluding carboxylic acids is 1. The first kappa shape index (κ1) is 14.1. The van der Waals surface area contributed by atoms with Gasteiger partial charge in [-0.2, -0.15) is 0 Å². The van der Waals surface area contributed by atoms with Crippen LogP contribution in [0.3, 0.4) is 0 Å². The number of rotatable bonds is 5. The minimum Gasteiger partial charge on any atom is -0.478 e. The van der Waals surface area contributed by atoms with E-state index in [1.807, 2.05) is 11.6 Å². The summed E-state index contributed by atoms with van der Waals surface area (Å²) in [6.07, 6.45) is 4.34. The van der Waals surface area contributed by atoms with Crippen molar-refractivity contribution in [2.24, 2.45) is 0 Å². The average molecular weight is 294 g/mol. The van der Waals surface area contributed by atoms with Crippen molar-refractivity contribution in [1.29, 1.82) is 0 Å². The first-order chi connectivity index (χ1) is 9.52. The molecule has 2 heterocycles. The lowest BCUT2D eigenvalue weighted by Crippen LogP contribution is -2.33. The molecule has 1 amide bonds. The second-order valence-corrected chi connectivity index (χ2v) is 4.95. The first-order valence-corrected chi connectivity index (χ1v) is 6.69. The summed E-state index contributed by atoms with van der Waals surface area (Å²) in [6.45, 7) is 0.148. The molecule has 0 saturated carbocycles. The summed E-state index contributed by atoms with van der Waals surface area (Å²) in [4.78, 5) is 29.0. The Morgan fingerprint density at radius 1 is 1.60 bits per heavy atom. The van der Waals surface area contributed by atoms with Crippen LogP contribution in [0.1, 0.15) is 5.69 Å². The molecule has 0 radical (unpaired) electrons. The van der Waals surface area contributed by atoms with E-state index in [4.69, 9.17) is 5.11 Å². The lowest BCUT2D eigenvalue weighted by Gasteiger charge is -2.16. The van der Waals surface area contributed by atoms with Gasteiger partial charge in [-0.1, -0.05) is 0 Å². The molecule has 2 aromatic rings. The van der Waals surface area contributed by atoms with Crippen LogP contribution in [-0.4, -0.2) is 47.0 Å². The zero-order chi connectivity index (χ0) is 14.7. The van der Waals surface area contributed by atoms with E-state index < -0.39 is 5.97 Å². The summed E-state index contributed by atoms with van der Waals surface area (Å²) in [5.41, 5.74) is 0.634. The Labute approximate surface area is 119 Å². The second-order valence-electron chi connectivity index (χ2n) is 4.08. The molecule has 0 aliphatic rings. The number of carboxylic acid groups (broad SMARTS) is 1. The van der Waals surface area contributed by atoms with Crippen molar-refractivity contribution < 1.29 is 14.7 Å². The van der Waals surface area contributed by atoms with E-state index in [-0.39, 0.29) is 12.5 Å². The number of hydrogen-bond acceptors (Lipinski definition) is 5. The number of likely N-dealkylation sites (N-methyl/N-ethyl adjacent to an activating group) is 2. The van der Waals surface area contributed by atoms with Crippen molar-refractivity contribution in [1.82, 2.24) is 14.7 Å². The molecule has 0 bridgehead atoms. The van der Waals surface area contributed by atoms with Gasteiger partial charge in [0.1, 0.15) is 0 Å². The number of aromatic nitrogens is 2. The Balaban J connectivity index is 2.41. The molecule has 2 rings (SSSR count). The van der Waals surface area contributed by atoms with E-state index >= 15 is 0 Å². The van der Waals surface area contributed by atoms with Crippen LogP contribution < -0.4 is 10.2 Å². The molecule has 0 saturated heterocycles. The molecule has 0 aliphatic carbocycles. The molecule has 106 valence electrons. The van der Waals surface area contributed by atoms with Gasteiger partial charge in [-0.3, -0.25) is 9.20 Å².